The Kier molecular flexibility index (Phi) is 2.41. The number of hydrogen-bond acceptors (Lipinski definition) is 2. The molecular weight excluding hydrogens is 178 g/mol. The molecule has 0 saturated heterocycles. The summed E-state index contributed by atoms with van der Waals surface area (Å²) in [6.07, 6.45) is 2.94. The molecule has 0 atom stereocenters. The summed E-state index contributed by atoms with van der Waals surface area (Å²) in [6.45, 7) is 2.17. The lowest BCUT2D eigenvalue weighted by Gasteiger charge is -1.98. The number of nitrogens with zero attached hydrogens (tertiary/aromatic N) is 1. The molecule has 0 amide bonds. The lowest BCUT2D eigenvalue weighted by molar-refractivity contribution is 1.14. The van der Waals surface area contributed by atoms with Crippen LogP contribution in [0.25, 0.3) is 10.6 Å². The second kappa shape index (κ2) is 3.71. The van der Waals surface area contributed by atoms with Crippen LogP contribution in [0.4, 0.5) is 0 Å². The van der Waals surface area contributed by atoms with Gasteiger partial charge in [-0.25, -0.2) is 4.98 Å². The number of rotatable bonds is 2. The summed E-state index contributed by atoms with van der Waals surface area (Å²) in [4.78, 5) is 4.26. The third-order valence-corrected chi connectivity index (χ3v) is 2.86. The van der Waals surface area contributed by atoms with Gasteiger partial charge in [-0.05, 0) is 12.0 Å². The summed E-state index contributed by atoms with van der Waals surface area (Å²) in [7, 11) is 0. The number of aromatic nitrogens is 1. The van der Waals surface area contributed by atoms with Crippen LogP contribution in [0.5, 0.6) is 0 Å². The van der Waals surface area contributed by atoms with E-state index in [1.54, 1.807) is 11.3 Å². The van der Waals surface area contributed by atoms with Crippen LogP contribution >= 0.6 is 11.3 Å². The molecule has 0 N–H and O–H groups in total. The number of aryl methyl sites for hydroxylation is 1. The average molecular weight is 189 g/mol. The minimum atomic E-state index is 1.10. The number of benzene rings is 1. The molecule has 1 aromatic heterocycles. The zero-order valence-corrected chi connectivity index (χ0v) is 8.34. The maximum absolute atomic E-state index is 4.26. The quantitative estimate of drug-likeness (QED) is 0.705. The molecule has 1 aromatic carbocycles. The van der Waals surface area contributed by atoms with Gasteiger partial charge in [-0.2, -0.15) is 0 Å². The molecule has 0 spiro atoms. The highest BCUT2D eigenvalue weighted by Crippen LogP contribution is 2.21. The Morgan fingerprint density at radius 1 is 1.23 bits per heavy atom. The Labute approximate surface area is 82.1 Å². The van der Waals surface area contributed by atoms with Gasteiger partial charge in [-0.1, -0.05) is 31.2 Å². The normalized spacial score (nSPS) is 10.2. The van der Waals surface area contributed by atoms with Crippen LogP contribution in [0.1, 0.15) is 12.5 Å². The van der Waals surface area contributed by atoms with Crippen LogP contribution in [0.3, 0.4) is 0 Å². The summed E-state index contributed by atoms with van der Waals surface area (Å²) in [5.41, 5.74) is 2.59. The molecule has 13 heavy (non-hydrogen) atoms. The van der Waals surface area contributed by atoms with Gasteiger partial charge in [-0.3, -0.25) is 0 Å². The molecule has 0 bridgehead atoms. The minimum absolute atomic E-state index is 1.10. The molecule has 1 nitrogen and oxygen atoms in total. The van der Waals surface area contributed by atoms with E-state index < -0.39 is 0 Å². The predicted octanol–water partition coefficient (Wildman–Crippen LogP) is 3.37. The molecular formula is C11H11NS. The molecule has 2 heteroatoms. The van der Waals surface area contributed by atoms with Crippen molar-refractivity contribution >= 4 is 11.3 Å². The maximum atomic E-state index is 4.26. The highest BCUT2D eigenvalue weighted by atomic mass is 32.1. The monoisotopic (exact) mass is 189 g/mol. The highest BCUT2D eigenvalue weighted by molar-refractivity contribution is 7.13. The SMILES string of the molecule is CCc1ccc(-c2nccs2)cc1. The van der Waals surface area contributed by atoms with Gasteiger partial charge in [0, 0.05) is 17.1 Å². The zero-order valence-electron chi connectivity index (χ0n) is 7.53. The molecule has 0 aliphatic carbocycles. The maximum Gasteiger partial charge on any atom is 0.123 e. The van der Waals surface area contributed by atoms with Gasteiger partial charge in [-0.15, -0.1) is 11.3 Å². The molecule has 66 valence electrons. The Morgan fingerprint density at radius 3 is 2.54 bits per heavy atom. The fraction of sp³-hybridized carbons (Fsp3) is 0.182. The summed E-state index contributed by atoms with van der Waals surface area (Å²) in [5.74, 6) is 0. The first kappa shape index (κ1) is 8.45. The van der Waals surface area contributed by atoms with Crippen LogP contribution in [0.15, 0.2) is 35.8 Å². The third-order valence-electron chi connectivity index (χ3n) is 2.04. The second-order valence-electron chi connectivity index (χ2n) is 2.89. The van der Waals surface area contributed by atoms with Gasteiger partial charge < -0.3 is 0 Å². The largest absolute Gasteiger partial charge is 0.245 e. The van der Waals surface area contributed by atoms with E-state index >= 15 is 0 Å². The molecule has 0 radical (unpaired) electrons. The average Bonchev–Trinajstić information content (AvgIpc) is 2.71. The van der Waals surface area contributed by atoms with E-state index in [1.165, 1.54) is 11.1 Å². The molecule has 0 unspecified atom stereocenters. The van der Waals surface area contributed by atoms with E-state index in [2.05, 4.69) is 36.2 Å². The van der Waals surface area contributed by atoms with E-state index in [9.17, 15) is 0 Å². The fourth-order valence-corrected chi connectivity index (χ4v) is 1.89. The lowest BCUT2D eigenvalue weighted by Crippen LogP contribution is -1.79. The van der Waals surface area contributed by atoms with Crippen LogP contribution in [-0.2, 0) is 6.42 Å². The van der Waals surface area contributed by atoms with Crippen molar-refractivity contribution in [2.75, 3.05) is 0 Å². The summed E-state index contributed by atoms with van der Waals surface area (Å²) < 4.78 is 0. The number of hydrogen-bond donors (Lipinski definition) is 0. The highest BCUT2D eigenvalue weighted by Gasteiger charge is 1.98. The van der Waals surface area contributed by atoms with Gasteiger partial charge >= 0.3 is 0 Å². The molecule has 2 aromatic rings. The zero-order chi connectivity index (χ0) is 9.10. The molecule has 0 fully saturated rings. The predicted molar refractivity (Wildman–Crippen MR) is 56.9 cm³/mol. The van der Waals surface area contributed by atoms with Crippen molar-refractivity contribution in [2.24, 2.45) is 0 Å². The first-order chi connectivity index (χ1) is 6.40. The van der Waals surface area contributed by atoms with Crippen molar-refractivity contribution < 1.29 is 0 Å². The second-order valence-corrected chi connectivity index (χ2v) is 3.78. The first-order valence-corrected chi connectivity index (χ1v) is 5.27. The Bertz CT molecular complexity index is 361. The van der Waals surface area contributed by atoms with Crippen molar-refractivity contribution in [1.82, 2.24) is 4.98 Å². The molecule has 1 heterocycles. The Balaban J connectivity index is 2.33. The molecule has 0 aliphatic heterocycles. The van der Waals surface area contributed by atoms with Gasteiger partial charge in [0.2, 0.25) is 0 Å². The van der Waals surface area contributed by atoms with Crippen LogP contribution in [-0.4, -0.2) is 4.98 Å². The van der Waals surface area contributed by atoms with E-state index in [4.69, 9.17) is 0 Å². The molecule has 0 saturated carbocycles. The van der Waals surface area contributed by atoms with Crippen molar-refractivity contribution in [3.63, 3.8) is 0 Å². The van der Waals surface area contributed by atoms with Gasteiger partial charge in [0.25, 0.3) is 0 Å². The first-order valence-electron chi connectivity index (χ1n) is 4.39. The minimum Gasteiger partial charge on any atom is -0.245 e. The molecule has 0 aliphatic rings. The third kappa shape index (κ3) is 1.78. The van der Waals surface area contributed by atoms with E-state index in [0.29, 0.717) is 0 Å². The van der Waals surface area contributed by atoms with Crippen molar-refractivity contribution in [1.29, 1.82) is 0 Å². The van der Waals surface area contributed by atoms with Crippen molar-refractivity contribution in [2.45, 2.75) is 13.3 Å². The van der Waals surface area contributed by atoms with E-state index in [-0.39, 0.29) is 0 Å². The van der Waals surface area contributed by atoms with E-state index in [1.807, 2.05) is 11.6 Å². The Hall–Kier alpha value is -1.15. The standard InChI is InChI=1S/C11H11NS/c1-2-9-3-5-10(6-4-9)11-12-7-8-13-11/h3-8H,2H2,1H3. The van der Waals surface area contributed by atoms with Crippen LogP contribution < -0.4 is 0 Å². The van der Waals surface area contributed by atoms with Gasteiger partial charge in [0.1, 0.15) is 5.01 Å². The van der Waals surface area contributed by atoms with Gasteiger partial charge in [0.05, 0.1) is 0 Å². The summed E-state index contributed by atoms with van der Waals surface area (Å²) in [5, 5.41) is 3.10. The van der Waals surface area contributed by atoms with Crippen molar-refractivity contribution in [3.05, 3.63) is 41.4 Å². The van der Waals surface area contributed by atoms with Crippen LogP contribution in [0, 0.1) is 0 Å². The van der Waals surface area contributed by atoms with Gasteiger partial charge in [0.15, 0.2) is 0 Å². The molecule has 2 rings (SSSR count). The summed E-state index contributed by atoms with van der Waals surface area (Å²) >= 11 is 1.68. The fourth-order valence-electron chi connectivity index (χ4n) is 1.25. The number of thiazole rings is 1. The lowest BCUT2D eigenvalue weighted by atomic mass is 10.1. The van der Waals surface area contributed by atoms with E-state index in [0.717, 1.165) is 11.4 Å². The summed E-state index contributed by atoms with van der Waals surface area (Å²) in [6, 6.07) is 8.60. The topological polar surface area (TPSA) is 12.9 Å². The smallest absolute Gasteiger partial charge is 0.123 e. The Morgan fingerprint density at radius 2 is 2.00 bits per heavy atom. The van der Waals surface area contributed by atoms with Crippen LogP contribution in [0.2, 0.25) is 0 Å². The van der Waals surface area contributed by atoms with Crippen molar-refractivity contribution in [3.8, 4) is 10.6 Å².